The lowest BCUT2D eigenvalue weighted by molar-refractivity contribution is 0.424. The fourth-order valence-electron chi connectivity index (χ4n) is 8.75. The number of unbranched alkanes of at least 4 members (excludes halogenated alkanes) is 14. The molecule has 2 unspecified atom stereocenters. The van der Waals surface area contributed by atoms with Crippen molar-refractivity contribution < 1.29 is 0 Å². The van der Waals surface area contributed by atoms with Crippen LogP contribution in [0.4, 0.5) is 0 Å². The molecule has 0 saturated carbocycles. The van der Waals surface area contributed by atoms with Gasteiger partial charge in [0.05, 0.1) is 0 Å². The molecule has 238 valence electrons. The van der Waals surface area contributed by atoms with Crippen LogP contribution in [0.15, 0.2) is 0 Å². The first-order chi connectivity index (χ1) is 19.6. The summed E-state index contributed by atoms with van der Waals surface area (Å²) in [7, 11) is 0.403. The minimum Gasteiger partial charge on any atom is -0.0927 e. The zero-order valence-electron chi connectivity index (χ0n) is 28.7. The predicted molar refractivity (Wildman–Crippen MR) is 190 cm³/mol. The molecule has 0 aromatic carbocycles. The molecule has 0 N–H and O–H groups in total. The molecule has 40 heavy (non-hydrogen) atoms. The second-order valence-electron chi connectivity index (χ2n) is 14.3. The van der Waals surface area contributed by atoms with Crippen molar-refractivity contribution in [1.82, 2.24) is 0 Å². The van der Waals surface area contributed by atoms with E-state index in [4.69, 9.17) is 0 Å². The highest BCUT2D eigenvalue weighted by atomic mass is 31.2. The van der Waals surface area contributed by atoms with Gasteiger partial charge in [0.1, 0.15) is 0 Å². The molecule has 0 amide bonds. The van der Waals surface area contributed by atoms with Gasteiger partial charge in [-0.15, -0.1) is 0 Å². The molecule has 2 saturated heterocycles. The van der Waals surface area contributed by atoms with Crippen molar-refractivity contribution in [2.45, 2.75) is 230 Å². The summed E-state index contributed by atoms with van der Waals surface area (Å²) in [5.74, 6) is 0. The van der Waals surface area contributed by atoms with Crippen LogP contribution >= 0.6 is 15.8 Å². The largest absolute Gasteiger partial charge is 0.0927 e. The zero-order valence-corrected chi connectivity index (χ0v) is 30.5. The maximum absolute atomic E-state index is 2.44. The first kappa shape index (κ1) is 37.0. The first-order valence-corrected chi connectivity index (χ1v) is 22.4. The van der Waals surface area contributed by atoms with Crippen molar-refractivity contribution in [2.75, 3.05) is 12.3 Å². The molecule has 2 heteroatoms. The maximum atomic E-state index is 2.44. The van der Waals surface area contributed by atoms with Gasteiger partial charge in [-0.1, -0.05) is 172 Å². The van der Waals surface area contributed by atoms with Crippen molar-refractivity contribution >= 4 is 15.8 Å². The minimum absolute atomic E-state index is 0.201. The molecular weight excluding hydrogens is 518 g/mol. The van der Waals surface area contributed by atoms with Crippen LogP contribution in [0.3, 0.4) is 0 Å². The molecular formula is C38H76P2. The molecule has 2 heterocycles. The van der Waals surface area contributed by atoms with Crippen LogP contribution in [0.25, 0.3) is 0 Å². The van der Waals surface area contributed by atoms with Gasteiger partial charge in [-0.25, -0.2) is 0 Å². The summed E-state index contributed by atoms with van der Waals surface area (Å²) in [6.07, 6.45) is 45.8. The van der Waals surface area contributed by atoms with Crippen molar-refractivity contribution in [3.05, 3.63) is 0 Å². The SMILES string of the molecule is CCCCCCC1(CCCCCC)CCCP1C(CCCCC)P1CCCC1(CCCCCC)CCCCCC. The molecule has 0 spiro atoms. The summed E-state index contributed by atoms with van der Waals surface area (Å²) in [5, 5.41) is 2.71. The summed E-state index contributed by atoms with van der Waals surface area (Å²) in [5.41, 5.74) is 0. The van der Waals surface area contributed by atoms with Gasteiger partial charge < -0.3 is 0 Å². The van der Waals surface area contributed by atoms with Gasteiger partial charge >= 0.3 is 0 Å². The Balaban J connectivity index is 2.34. The Morgan fingerprint density at radius 3 is 1.07 bits per heavy atom. The molecule has 0 aromatic heterocycles. The van der Waals surface area contributed by atoms with E-state index in [0.29, 0.717) is 0 Å². The van der Waals surface area contributed by atoms with Crippen LogP contribution in [0.1, 0.15) is 214 Å². The summed E-state index contributed by atoms with van der Waals surface area (Å²) in [6, 6.07) is 0. The van der Waals surface area contributed by atoms with E-state index in [1.807, 2.05) is 0 Å². The van der Waals surface area contributed by atoms with Crippen LogP contribution in [-0.2, 0) is 0 Å². The molecule has 2 fully saturated rings. The van der Waals surface area contributed by atoms with Crippen LogP contribution in [-0.4, -0.2) is 28.0 Å². The van der Waals surface area contributed by atoms with E-state index in [0.717, 1.165) is 15.7 Å². The van der Waals surface area contributed by atoms with E-state index in [1.165, 1.54) is 89.9 Å². The van der Waals surface area contributed by atoms with Crippen molar-refractivity contribution in [1.29, 1.82) is 0 Å². The van der Waals surface area contributed by atoms with Gasteiger partial charge in [0.25, 0.3) is 0 Å². The first-order valence-electron chi connectivity index (χ1n) is 19.2. The standard InChI is InChI=1S/C38H76P2/c1-6-11-16-21-28-37(29-22-17-12-7-2)32-25-34-39(37)36(27-20-15-10-5)40-35-26-33-38(40,30-23-18-13-8-3)31-24-19-14-9-4/h36H,6-35H2,1-5H3. The predicted octanol–water partition coefficient (Wildman–Crippen LogP) is 14.8. The smallest absolute Gasteiger partial charge is 0.000412 e. The monoisotopic (exact) mass is 595 g/mol. The Hall–Kier alpha value is 0.860. The molecule has 2 atom stereocenters. The molecule has 0 radical (unpaired) electrons. The van der Waals surface area contributed by atoms with Gasteiger partial charge in [-0.2, -0.15) is 0 Å². The van der Waals surface area contributed by atoms with Gasteiger partial charge in [-0.3, -0.25) is 0 Å². The Labute approximate surface area is 257 Å². The molecule has 2 rings (SSSR count). The van der Waals surface area contributed by atoms with Gasteiger partial charge in [0.2, 0.25) is 0 Å². The van der Waals surface area contributed by atoms with Gasteiger partial charge in [0, 0.05) is 5.40 Å². The third-order valence-corrected chi connectivity index (χ3v) is 20.1. The van der Waals surface area contributed by atoms with Crippen molar-refractivity contribution in [3.8, 4) is 0 Å². The molecule has 2 aliphatic heterocycles. The average Bonchev–Trinajstić information content (AvgIpc) is 3.57. The summed E-state index contributed by atoms with van der Waals surface area (Å²) in [4.78, 5) is 0. The van der Waals surface area contributed by atoms with E-state index in [9.17, 15) is 0 Å². The highest BCUT2D eigenvalue weighted by Crippen LogP contribution is 2.78. The Morgan fingerprint density at radius 2 is 0.750 bits per heavy atom. The van der Waals surface area contributed by atoms with Gasteiger partial charge in [-0.05, 0) is 80.4 Å². The van der Waals surface area contributed by atoms with E-state index < -0.39 is 0 Å². The number of hydrogen-bond donors (Lipinski definition) is 0. The van der Waals surface area contributed by atoms with E-state index in [1.54, 1.807) is 102 Å². The zero-order chi connectivity index (χ0) is 28.9. The fraction of sp³-hybridized carbons (Fsp3) is 1.00. The third kappa shape index (κ3) is 12.1. The summed E-state index contributed by atoms with van der Waals surface area (Å²) >= 11 is 0. The minimum atomic E-state index is 0.201. The lowest BCUT2D eigenvalue weighted by atomic mass is 9.90. The molecule has 0 aromatic rings. The summed E-state index contributed by atoms with van der Waals surface area (Å²) < 4.78 is 0. The molecule has 0 nitrogen and oxygen atoms in total. The molecule has 2 aliphatic rings. The van der Waals surface area contributed by atoms with Gasteiger partial charge in [0.15, 0.2) is 0 Å². The van der Waals surface area contributed by atoms with Crippen LogP contribution in [0.5, 0.6) is 0 Å². The average molecular weight is 595 g/mol. The lowest BCUT2D eigenvalue weighted by Crippen LogP contribution is -2.32. The van der Waals surface area contributed by atoms with E-state index >= 15 is 0 Å². The fourth-order valence-corrected chi connectivity index (χ4v) is 19.7. The van der Waals surface area contributed by atoms with Crippen LogP contribution in [0, 0.1) is 0 Å². The highest BCUT2D eigenvalue weighted by Gasteiger charge is 2.52. The summed E-state index contributed by atoms with van der Waals surface area (Å²) in [6.45, 7) is 12.0. The van der Waals surface area contributed by atoms with Crippen LogP contribution in [0.2, 0.25) is 0 Å². The second-order valence-corrected chi connectivity index (χ2v) is 20.6. The molecule has 0 aliphatic carbocycles. The highest BCUT2D eigenvalue weighted by molar-refractivity contribution is 7.77. The third-order valence-electron chi connectivity index (χ3n) is 11.1. The van der Waals surface area contributed by atoms with Crippen LogP contribution < -0.4 is 0 Å². The quantitative estimate of drug-likeness (QED) is 0.0690. The topological polar surface area (TPSA) is 0 Å². The van der Waals surface area contributed by atoms with Crippen molar-refractivity contribution in [2.24, 2.45) is 0 Å². The van der Waals surface area contributed by atoms with Crippen molar-refractivity contribution in [3.63, 3.8) is 0 Å². The lowest BCUT2D eigenvalue weighted by Gasteiger charge is -2.49. The Kier molecular flexibility index (Phi) is 20.7. The van der Waals surface area contributed by atoms with E-state index in [-0.39, 0.29) is 15.8 Å². The number of rotatable bonds is 26. The molecule has 0 bridgehead atoms. The normalized spacial score (nSPS) is 22.7. The number of hydrogen-bond acceptors (Lipinski definition) is 0. The Bertz CT molecular complexity index is 516. The Morgan fingerprint density at radius 1 is 0.425 bits per heavy atom. The van der Waals surface area contributed by atoms with E-state index in [2.05, 4.69) is 34.6 Å². The maximum Gasteiger partial charge on any atom is 0.000412 e. The second kappa shape index (κ2) is 22.4.